The van der Waals surface area contributed by atoms with E-state index in [-0.39, 0.29) is 6.61 Å². The first-order chi connectivity index (χ1) is 6.26. The monoisotopic (exact) mass is 188 g/mol. The van der Waals surface area contributed by atoms with E-state index in [1.54, 1.807) is 0 Å². The third kappa shape index (κ3) is 3.60. The summed E-state index contributed by atoms with van der Waals surface area (Å²) in [6.07, 6.45) is 0.618. The lowest BCUT2D eigenvalue weighted by Crippen LogP contribution is -2.33. The third-order valence-corrected chi connectivity index (χ3v) is 2.54. The number of rotatable bonds is 5. The molecule has 78 valence electrons. The van der Waals surface area contributed by atoms with Crippen molar-refractivity contribution in [2.45, 2.75) is 12.5 Å². The van der Waals surface area contributed by atoms with Crippen LogP contribution < -0.4 is 5.32 Å². The van der Waals surface area contributed by atoms with Gasteiger partial charge in [-0.05, 0) is 32.5 Å². The lowest BCUT2D eigenvalue weighted by Gasteiger charge is -2.18. The van der Waals surface area contributed by atoms with Gasteiger partial charge in [-0.3, -0.25) is 0 Å². The zero-order valence-electron chi connectivity index (χ0n) is 8.24. The van der Waals surface area contributed by atoms with Crippen LogP contribution in [0.4, 0.5) is 0 Å². The maximum absolute atomic E-state index is 9.23. The Morgan fingerprint density at radius 1 is 1.62 bits per heavy atom. The summed E-state index contributed by atoms with van der Waals surface area (Å²) >= 11 is 0. The summed E-state index contributed by atoms with van der Waals surface area (Å²) in [5.74, 6) is 0.705. The first-order valence-electron chi connectivity index (χ1n) is 4.92. The van der Waals surface area contributed by atoms with E-state index in [0.717, 1.165) is 19.6 Å². The van der Waals surface area contributed by atoms with Gasteiger partial charge in [-0.25, -0.2) is 0 Å². The van der Waals surface area contributed by atoms with Gasteiger partial charge < -0.3 is 20.4 Å². The smallest absolute Gasteiger partial charge is 0.0897 e. The second-order valence-corrected chi connectivity index (χ2v) is 3.81. The van der Waals surface area contributed by atoms with E-state index in [2.05, 4.69) is 10.2 Å². The summed E-state index contributed by atoms with van der Waals surface area (Å²) in [6.45, 7) is 3.61. The maximum Gasteiger partial charge on any atom is 0.0897 e. The van der Waals surface area contributed by atoms with E-state index in [0.29, 0.717) is 12.5 Å². The highest BCUT2D eigenvalue weighted by molar-refractivity contribution is 4.78. The Morgan fingerprint density at radius 2 is 2.38 bits per heavy atom. The van der Waals surface area contributed by atoms with Crippen molar-refractivity contribution in [1.29, 1.82) is 0 Å². The number of likely N-dealkylation sites (tertiary alicyclic amines) is 1. The highest BCUT2D eigenvalue weighted by Gasteiger charge is 2.22. The van der Waals surface area contributed by atoms with E-state index in [9.17, 15) is 5.11 Å². The van der Waals surface area contributed by atoms with E-state index in [1.165, 1.54) is 6.42 Å². The van der Waals surface area contributed by atoms with E-state index in [4.69, 9.17) is 5.11 Å². The molecule has 1 aliphatic rings. The molecular formula is C9H20N2O2. The molecule has 1 fully saturated rings. The summed E-state index contributed by atoms with van der Waals surface area (Å²) in [5.41, 5.74) is 0. The summed E-state index contributed by atoms with van der Waals surface area (Å²) in [5, 5.41) is 21.1. The SMILES string of the molecule is CNCC1CCN(CC(O)CO)C1. The lowest BCUT2D eigenvalue weighted by atomic mass is 10.1. The first kappa shape index (κ1) is 10.9. The minimum atomic E-state index is -0.576. The fourth-order valence-electron chi connectivity index (χ4n) is 1.89. The molecule has 4 nitrogen and oxygen atoms in total. The Bertz CT molecular complexity index is 144. The number of nitrogens with zero attached hydrogens (tertiary/aromatic N) is 1. The van der Waals surface area contributed by atoms with Crippen LogP contribution in [0.25, 0.3) is 0 Å². The topological polar surface area (TPSA) is 55.7 Å². The van der Waals surface area contributed by atoms with Crippen molar-refractivity contribution in [2.24, 2.45) is 5.92 Å². The van der Waals surface area contributed by atoms with Crippen LogP contribution in [0.5, 0.6) is 0 Å². The second-order valence-electron chi connectivity index (χ2n) is 3.81. The molecule has 0 aromatic heterocycles. The van der Waals surface area contributed by atoms with E-state index >= 15 is 0 Å². The molecule has 0 aromatic carbocycles. The van der Waals surface area contributed by atoms with Crippen LogP contribution in [0.2, 0.25) is 0 Å². The number of aliphatic hydroxyl groups excluding tert-OH is 2. The summed E-state index contributed by atoms with van der Waals surface area (Å²) in [7, 11) is 1.96. The molecule has 1 heterocycles. The van der Waals surface area contributed by atoms with Gasteiger partial charge in [0.25, 0.3) is 0 Å². The fraction of sp³-hybridized carbons (Fsp3) is 1.00. The maximum atomic E-state index is 9.23. The third-order valence-electron chi connectivity index (χ3n) is 2.54. The van der Waals surface area contributed by atoms with Gasteiger partial charge in [0.1, 0.15) is 0 Å². The molecule has 4 heteroatoms. The molecule has 0 spiro atoms. The van der Waals surface area contributed by atoms with Crippen molar-refractivity contribution in [3.05, 3.63) is 0 Å². The Balaban J connectivity index is 2.17. The second kappa shape index (κ2) is 5.54. The summed E-state index contributed by atoms with van der Waals surface area (Å²) in [6, 6.07) is 0. The predicted octanol–water partition coefficient (Wildman–Crippen LogP) is -1.12. The molecular weight excluding hydrogens is 168 g/mol. The van der Waals surface area contributed by atoms with Crippen LogP contribution in [0, 0.1) is 5.92 Å². The van der Waals surface area contributed by atoms with Gasteiger partial charge in [0.05, 0.1) is 12.7 Å². The molecule has 0 radical (unpaired) electrons. The molecule has 0 saturated carbocycles. The van der Waals surface area contributed by atoms with Gasteiger partial charge in [0, 0.05) is 13.1 Å². The molecule has 0 aromatic rings. The van der Waals surface area contributed by atoms with Crippen LogP contribution >= 0.6 is 0 Å². The van der Waals surface area contributed by atoms with Crippen molar-refractivity contribution in [2.75, 3.05) is 39.8 Å². The highest BCUT2D eigenvalue weighted by atomic mass is 16.3. The Morgan fingerprint density at radius 3 is 3.00 bits per heavy atom. The van der Waals surface area contributed by atoms with Crippen LogP contribution in [-0.2, 0) is 0 Å². The molecule has 1 rings (SSSR count). The fourth-order valence-corrected chi connectivity index (χ4v) is 1.89. The van der Waals surface area contributed by atoms with Crippen molar-refractivity contribution in [3.8, 4) is 0 Å². The first-order valence-corrected chi connectivity index (χ1v) is 4.92. The zero-order valence-corrected chi connectivity index (χ0v) is 8.24. The molecule has 1 aliphatic heterocycles. The summed E-state index contributed by atoms with van der Waals surface area (Å²) < 4.78 is 0. The van der Waals surface area contributed by atoms with Crippen molar-refractivity contribution in [1.82, 2.24) is 10.2 Å². The normalized spacial score (nSPS) is 26.5. The number of β-amino-alcohol motifs (C(OH)–C–C–N with tert-alkyl or cyclic N) is 1. The average Bonchev–Trinajstić information content (AvgIpc) is 2.53. The standard InChI is InChI=1S/C9H20N2O2/c1-10-4-8-2-3-11(5-8)6-9(13)7-12/h8-10,12-13H,2-7H2,1H3. The van der Waals surface area contributed by atoms with Crippen LogP contribution in [0.3, 0.4) is 0 Å². The van der Waals surface area contributed by atoms with Crippen LogP contribution in [0.1, 0.15) is 6.42 Å². The van der Waals surface area contributed by atoms with Gasteiger partial charge in [-0.1, -0.05) is 0 Å². The molecule has 0 aliphatic carbocycles. The predicted molar refractivity (Wildman–Crippen MR) is 51.6 cm³/mol. The number of aliphatic hydroxyl groups is 2. The van der Waals surface area contributed by atoms with Gasteiger partial charge in [-0.15, -0.1) is 0 Å². The van der Waals surface area contributed by atoms with Crippen LogP contribution in [-0.4, -0.2) is 61.1 Å². The van der Waals surface area contributed by atoms with E-state index in [1.807, 2.05) is 7.05 Å². The number of nitrogens with one attached hydrogen (secondary N) is 1. The minimum absolute atomic E-state index is 0.132. The van der Waals surface area contributed by atoms with Gasteiger partial charge in [0.2, 0.25) is 0 Å². The van der Waals surface area contributed by atoms with Gasteiger partial charge in [-0.2, -0.15) is 0 Å². The van der Waals surface area contributed by atoms with E-state index < -0.39 is 6.10 Å². The summed E-state index contributed by atoms with van der Waals surface area (Å²) in [4.78, 5) is 2.21. The van der Waals surface area contributed by atoms with Gasteiger partial charge in [0.15, 0.2) is 0 Å². The Labute approximate surface area is 79.6 Å². The highest BCUT2D eigenvalue weighted by Crippen LogP contribution is 2.15. The lowest BCUT2D eigenvalue weighted by molar-refractivity contribution is 0.0651. The van der Waals surface area contributed by atoms with Crippen molar-refractivity contribution in [3.63, 3.8) is 0 Å². The molecule has 1 saturated heterocycles. The quantitative estimate of drug-likeness (QED) is 0.511. The minimum Gasteiger partial charge on any atom is -0.394 e. The molecule has 13 heavy (non-hydrogen) atoms. The Hall–Kier alpha value is -0.160. The molecule has 3 N–H and O–H groups in total. The van der Waals surface area contributed by atoms with Crippen molar-refractivity contribution < 1.29 is 10.2 Å². The zero-order chi connectivity index (χ0) is 9.68. The van der Waals surface area contributed by atoms with Gasteiger partial charge >= 0.3 is 0 Å². The number of hydrogen-bond acceptors (Lipinski definition) is 4. The molecule has 2 atom stereocenters. The molecule has 0 amide bonds. The molecule has 0 bridgehead atoms. The largest absolute Gasteiger partial charge is 0.394 e. The number of hydrogen-bond donors (Lipinski definition) is 3. The molecule has 2 unspecified atom stereocenters. The van der Waals surface area contributed by atoms with Crippen molar-refractivity contribution >= 4 is 0 Å². The average molecular weight is 188 g/mol. The van der Waals surface area contributed by atoms with Crippen LogP contribution in [0.15, 0.2) is 0 Å². The Kier molecular flexibility index (Phi) is 4.66.